The van der Waals surface area contributed by atoms with Crippen LogP contribution in [0.5, 0.6) is 0 Å². The van der Waals surface area contributed by atoms with E-state index in [0.29, 0.717) is 21.9 Å². The van der Waals surface area contributed by atoms with Crippen LogP contribution in [-0.2, 0) is 4.79 Å². The number of carbonyl (C=O) groups is 1. The molecule has 8 heteroatoms. The normalized spacial score (nSPS) is 20.9. The lowest BCUT2D eigenvalue weighted by atomic mass is 9.95. The van der Waals surface area contributed by atoms with Crippen LogP contribution in [0.25, 0.3) is 10.2 Å². The molecule has 1 aliphatic carbocycles. The highest BCUT2D eigenvalue weighted by molar-refractivity contribution is 7.22. The molecular formula is C14H16ClF2N3OS. The van der Waals surface area contributed by atoms with Crippen LogP contribution < -0.4 is 11.1 Å². The first-order valence-corrected chi connectivity index (χ1v) is 7.66. The van der Waals surface area contributed by atoms with Gasteiger partial charge in [-0.2, -0.15) is 0 Å². The third-order valence-corrected chi connectivity index (χ3v) is 4.89. The number of hydrogen-bond donors (Lipinski definition) is 2. The van der Waals surface area contributed by atoms with Crippen molar-refractivity contribution in [1.82, 2.24) is 4.98 Å². The van der Waals surface area contributed by atoms with Crippen LogP contribution in [0.15, 0.2) is 12.1 Å². The largest absolute Gasteiger partial charge is 0.330 e. The number of nitrogens with one attached hydrogen (secondary N) is 1. The van der Waals surface area contributed by atoms with Gasteiger partial charge >= 0.3 is 0 Å². The van der Waals surface area contributed by atoms with Gasteiger partial charge in [-0.3, -0.25) is 4.79 Å². The summed E-state index contributed by atoms with van der Waals surface area (Å²) < 4.78 is 26.8. The molecule has 2 aromatic rings. The van der Waals surface area contributed by atoms with Crippen LogP contribution in [0.4, 0.5) is 13.9 Å². The molecule has 0 spiro atoms. The van der Waals surface area contributed by atoms with Crippen LogP contribution in [0.1, 0.15) is 19.3 Å². The maximum atomic E-state index is 13.2. The van der Waals surface area contributed by atoms with Gasteiger partial charge < -0.3 is 11.1 Å². The second kappa shape index (κ2) is 6.85. The van der Waals surface area contributed by atoms with E-state index in [1.165, 1.54) is 0 Å². The standard InChI is InChI=1S/C14H15F2N3OS.ClH/c15-9-4-11-12(5-10(9)16)21-14(18-11)19-13(20)8-3-1-2-7(8)6-17;/h4-5,7-8H,1-3,6,17H2,(H,18,19,20);1H/t7-,8-;/m1./s1. The zero-order chi connectivity index (χ0) is 15.0. The minimum Gasteiger partial charge on any atom is -0.330 e. The molecule has 1 aromatic heterocycles. The van der Waals surface area contributed by atoms with E-state index in [9.17, 15) is 13.6 Å². The molecule has 0 radical (unpaired) electrons. The molecule has 22 heavy (non-hydrogen) atoms. The quantitative estimate of drug-likeness (QED) is 0.895. The van der Waals surface area contributed by atoms with Crippen LogP contribution in [0.2, 0.25) is 0 Å². The molecule has 120 valence electrons. The topological polar surface area (TPSA) is 68.0 Å². The number of anilines is 1. The van der Waals surface area contributed by atoms with Crippen molar-refractivity contribution in [2.45, 2.75) is 19.3 Å². The van der Waals surface area contributed by atoms with Gasteiger partial charge in [0.2, 0.25) is 5.91 Å². The average Bonchev–Trinajstić information content (AvgIpc) is 3.05. The highest BCUT2D eigenvalue weighted by Crippen LogP contribution is 2.33. The van der Waals surface area contributed by atoms with E-state index < -0.39 is 11.6 Å². The second-order valence-corrected chi connectivity index (χ2v) is 6.31. The summed E-state index contributed by atoms with van der Waals surface area (Å²) in [7, 11) is 0. The van der Waals surface area contributed by atoms with Gasteiger partial charge in [0.05, 0.1) is 10.2 Å². The van der Waals surface area contributed by atoms with Crippen molar-refractivity contribution >= 4 is 45.0 Å². The Morgan fingerprint density at radius 1 is 1.36 bits per heavy atom. The first-order valence-electron chi connectivity index (χ1n) is 6.85. The smallest absolute Gasteiger partial charge is 0.229 e. The molecule has 4 nitrogen and oxygen atoms in total. The molecule has 1 saturated carbocycles. The third kappa shape index (κ3) is 3.21. The van der Waals surface area contributed by atoms with Crippen LogP contribution >= 0.6 is 23.7 Å². The lowest BCUT2D eigenvalue weighted by Gasteiger charge is -2.16. The molecule has 3 rings (SSSR count). The third-order valence-electron chi connectivity index (χ3n) is 3.96. The molecular weight excluding hydrogens is 332 g/mol. The molecule has 1 heterocycles. The Kier molecular flexibility index (Phi) is 5.31. The van der Waals surface area contributed by atoms with Crippen molar-refractivity contribution in [3.8, 4) is 0 Å². The number of carbonyl (C=O) groups excluding carboxylic acids is 1. The highest BCUT2D eigenvalue weighted by atomic mass is 35.5. The predicted octanol–water partition coefficient (Wildman–Crippen LogP) is 3.31. The number of nitrogens with zero attached hydrogens (tertiary/aromatic N) is 1. The molecule has 0 aliphatic heterocycles. The Hall–Kier alpha value is -1.31. The maximum Gasteiger partial charge on any atom is 0.229 e. The van der Waals surface area contributed by atoms with Crippen LogP contribution in [0.3, 0.4) is 0 Å². The van der Waals surface area contributed by atoms with E-state index in [1.807, 2.05) is 0 Å². The zero-order valence-electron chi connectivity index (χ0n) is 11.6. The zero-order valence-corrected chi connectivity index (χ0v) is 13.3. The summed E-state index contributed by atoms with van der Waals surface area (Å²) in [6, 6.07) is 2.13. The van der Waals surface area contributed by atoms with E-state index in [4.69, 9.17) is 5.73 Å². The van der Waals surface area contributed by atoms with Gasteiger partial charge in [-0.25, -0.2) is 13.8 Å². The summed E-state index contributed by atoms with van der Waals surface area (Å²) in [6.45, 7) is 0.494. The monoisotopic (exact) mass is 347 g/mol. The number of amides is 1. The Morgan fingerprint density at radius 2 is 2.09 bits per heavy atom. The summed E-state index contributed by atoms with van der Waals surface area (Å²) in [5.41, 5.74) is 6.02. The Morgan fingerprint density at radius 3 is 2.82 bits per heavy atom. The van der Waals surface area contributed by atoms with E-state index in [2.05, 4.69) is 10.3 Å². The van der Waals surface area contributed by atoms with Gasteiger partial charge in [0, 0.05) is 12.0 Å². The Balaban J connectivity index is 0.00000176. The molecule has 3 N–H and O–H groups in total. The SMILES string of the molecule is Cl.NC[C@H]1CCC[C@H]1C(=O)Nc1nc2cc(F)c(F)cc2s1. The maximum absolute atomic E-state index is 13.2. The number of thiazole rings is 1. The molecule has 0 saturated heterocycles. The number of rotatable bonds is 3. The van der Waals surface area contributed by atoms with E-state index in [1.54, 1.807) is 0 Å². The summed E-state index contributed by atoms with van der Waals surface area (Å²) >= 11 is 1.14. The first-order chi connectivity index (χ1) is 10.1. The van der Waals surface area contributed by atoms with Gasteiger partial charge in [-0.15, -0.1) is 12.4 Å². The minimum atomic E-state index is -0.940. The molecule has 2 atom stereocenters. The number of benzene rings is 1. The van der Waals surface area contributed by atoms with Crippen molar-refractivity contribution in [3.63, 3.8) is 0 Å². The van der Waals surface area contributed by atoms with Crippen molar-refractivity contribution in [2.75, 3.05) is 11.9 Å². The Labute approximate surface area is 136 Å². The van der Waals surface area contributed by atoms with Gasteiger partial charge in [0.1, 0.15) is 0 Å². The number of aromatic nitrogens is 1. The van der Waals surface area contributed by atoms with Crippen molar-refractivity contribution in [1.29, 1.82) is 0 Å². The minimum absolute atomic E-state index is 0. The average molecular weight is 348 g/mol. The summed E-state index contributed by atoms with van der Waals surface area (Å²) in [4.78, 5) is 16.4. The summed E-state index contributed by atoms with van der Waals surface area (Å²) in [5.74, 6) is -1.86. The fraction of sp³-hybridized carbons (Fsp3) is 0.429. The van der Waals surface area contributed by atoms with E-state index in [0.717, 1.165) is 42.7 Å². The molecule has 0 bridgehead atoms. The molecule has 1 aromatic carbocycles. The summed E-state index contributed by atoms with van der Waals surface area (Å²) in [6.07, 6.45) is 2.78. The predicted molar refractivity (Wildman–Crippen MR) is 85.3 cm³/mol. The lowest BCUT2D eigenvalue weighted by Crippen LogP contribution is -2.29. The van der Waals surface area contributed by atoms with Gasteiger partial charge in [0.15, 0.2) is 16.8 Å². The molecule has 1 fully saturated rings. The molecule has 1 amide bonds. The second-order valence-electron chi connectivity index (χ2n) is 5.28. The molecule has 1 aliphatic rings. The number of halogens is 3. The first kappa shape index (κ1) is 17.1. The van der Waals surface area contributed by atoms with Gasteiger partial charge in [-0.05, 0) is 31.4 Å². The number of fused-ring (bicyclic) bond motifs is 1. The lowest BCUT2D eigenvalue weighted by molar-refractivity contribution is -0.120. The fourth-order valence-corrected chi connectivity index (χ4v) is 3.71. The number of hydrogen-bond acceptors (Lipinski definition) is 4. The number of nitrogens with two attached hydrogens (primary N) is 1. The molecule has 0 unspecified atom stereocenters. The van der Waals surface area contributed by atoms with Gasteiger partial charge in [0.25, 0.3) is 0 Å². The van der Waals surface area contributed by atoms with Crippen molar-refractivity contribution < 1.29 is 13.6 Å². The van der Waals surface area contributed by atoms with Crippen molar-refractivity contribution in [2.24, 2.45) is 17.6 Å². The van der Waals surface area contributed by atoms with Crippen LogP contribution in [0, 0.1) is 23.5 Å². The van der Waals surface area contributed by atoms with Crippen LogP contribution in [-0.4, -0.2) is 17.4 Å². The fourth-order valence-electron chi connectivity index (χ4n) is 2.84. The highest BCUT2D eigenvalue weighted by Gasteiger charge is 2.32. The van der Waals surface area contributed by atoms with E-state index in [-0.39, 0.29) is 30.2 Å². The summed E-state index contributed by atoms with van der Waals surface area (Å²) in [5, 5.41) is 3.11. The van der Waals surface area contributed by atoms with Gasteiger partial charge in [-0.1, -0.05) is 17.8 Å². The Bertz CT molecular complexity index is 655. The van der Waals surface area contributed by atoms with Crippen molar-refractivity contribution in [3.05, 3.63) is 23.8 Å². The van der Waals surface area contributed by atoms with E-state index >= 15 is 0 Å².